The Morgan fingerprint density at radius 3 is 2.81 bits per heavy atom. The van der Waals surface area contributed by atoms with Crippen LogP contribution in [0.1, 0.15) is 24.2 Å². The molecule has 3 heteroatoms. The molecule has 0 heterocycles. The Balaban J connectivity index is 3.20. The Bertz CT molecular complexity index is 418. The molecule has 84 valence electrons. The van der Waals surface area contributed by atoms with Crippen LogP contribution in [0.5, 0.6) is 0 Å². The van der Waals surface area contributed by atoms with Gasteiger partial charge in [-0.2, -0.15) is 5.26 Å². The molecule has 0 amide bonds. The standard InChI is InChI=1S/C13H16N2O/c1-4-7-15(3)13-8-11(9-14)5-6-12(13)10(2)16/h4-6,8,10,16H,1,7H2,2-3H3/t10-/m0/s1. The van der Waals surface area contributed by atoms with Crippen molar-refractivity contribution in [2.24, 2.45) is 0 Å². The van der Waals surface area contributed by atoms with Crippen molar-refractivity contribution in [3.05, 3.63) is 42.0 Å². The predicted octanol–water partition coefficient (Wildman–Crippen LogP) is 2.23. The topological polar surface area (TPSA) is 47.3 Å². The van der Waals surface area contributed by atoms with E-state index < -0.39 is 6.10 Å². The molecular formula is C13H16N2O. The van der Waals surface area contributed by atoms with Crippen molar-refractivity contribution in [2.45, 2.75) is 13.0 Å². The molecule has 0 bridgehead atoms. The zero-order valence-electron chi connectivity index (χ0n) is 9.64. The summed E-state index contributed by atoms with van der Waals surface area (Å²) in [5, 5.41) is 18.5. The lowest BCUT2D eigenvalue weighted by atomic mass is 10.0. The van der Waals surface area contributed by atoms with Gasteiger partial charge < -0.3 is 10.0 Å². The Morgan fingerprint density at radius 2 is 2.31 bits per heavy atom. The predicted molar refractivity (Wildman–Crippen MR) is 65.3 cm³/mol. The van der Waals surface area contributed by atoms with E-state index in [4.69, 9.17) is 5.26 Å². The van der Waals surface area contributed by atoms with Crippen LogP contribution in [-0.2, 0) is 0 Å². The van der Waals surface area contributed by atoms with E-state index in [9.17, 15) is 5.11 Å². The average Bonchev–Trinajstić information content (AvgIpc) is 2.28. The fourth-order valence-electron chi connectivity index (χ4n) is 1.59. The van der Waals surface area contributed by atoms with Gasteiger partial charge >= 0.3 is 0 Å². The van der Waals surface area contributed by atoms with Gasteiger partial charge in [0.1, 0.15) is 0 Å². The monoisotopic (exact) mass is 216 g/mol. The van der Waals surface area contributed by atoms with E-state index in [0.717, 1.165) is 11.3 Å². The van der Waals surface area contributed by atoms with E-state index >= 15 is 0 Å². The van der Waals surface area contributed by atoms with Crippen LogP contribution in [0.2, 0.25) is 0 Å². The van der Waals surface area contributed by atoms with Gasteiger partial charge in [0.05, 0.1) is 17.7 Å². The summed E-state index contributed by atoms with van der Waals surface area (Å²) in [6, 6.07) is 7.39. The molecule has 3 nitrogen and oxygen atoms in total. The second-order valence-electron chi connectivity index (χ2n) is 3.73. The molecule has 0 saturated heterocycles. The maximum atomic E-state index is 9.65. The summed E-state index contributed by atoms with van der Waals surface area (Å²) in [5.74, 6) is 0. The number of likely N-dealkylation sites (N-methyl/N-ethyl adjacent to an activating group) is 1. The van der Waals surface area contributed by atoms with Crippen LogP contribution >= 0.6 is 0 Å². The molecule has 0 saturated carbocycles. The maximum Gasteiger partial charge on any atom is 0.0992 e. The SMILES string of the molecule is C=CCN(C)c1cc(C#N)ccc1[C@H](C)O. The van der Waals surface area contributed by atoms with E-state index in [1.54, 1.807) is 31.2 Å². The van der Waals surface area contributed by atoms with Crippen LogP contribution in [-0.4, -0.2) is 18.7 Å². The van der Waals surface area contributed by atoms with Gasteiger partial charge in [-0.15, -0.1) is 6.58 Å². The van der Waals surface area contributed by atoms with Gasteiger partial charge in [0, 0.05) is 24.8 Å². The maximum absolute atomic E-state index is 9.65. The fraction of sp³-hybridized carbons (Fsp3) is 0.308. The number of rotatable bonds is 4. The molecule has 0 spiro atoms. The first-order valence-electron chi connectivity index (χ1n) is 5.14. The van der Waals surface area contributed by atoms with Gasteiger partial charge in [-0.1, -0.05) is 12.1 Å². The number of aliphatic hydroxyl groups is 1. The number of benzene rings is 1. The second kappa shape index (κ2) is 5.34. The Kier molecular flexibility index (Phi) is 4.10. The molecule has 1 aromatic rings. The number of hydrogen-bond acceptors (Lipinski definition) is 3. The molecule has 0 unspecified atom stereocenters. The van der Waals surface area contributed by atoms with Crippen molar-refractivity contribution in [1.29, 1.82) is 5.26 Å². The third kappa shape index (κ3) is 2.62. The quantitative estimate of drug-likeness (QED) is 0.785. The zero-order valence-corrected chi connectivity index (χ0v) is 9.64. The number of aliphatic hydroxyl groups excluding tert-OH is 1. The normalized spacial score (nSPS) is 11.6. The first-order chi connectivity index (χ1) is 7.60. The van der Waals surface area contributed by atoms with Crippen molar-refractivity contribution >= 4 is 5.69 Å². The molecule has 1 rings (SSSR count). The molecule has 16 heavy (non-hydrogen) atoms. The molecule has 0 radical (unpaired) electrons. The number of anilines is 1. The van der Waals surface area contributed by atoms with Crippen LogP contribution in [0.3, 0.4) is 0 Å². The molecule has 1 aromatic carbocycles. The summed E-state index contributed by atoms with van der Waals surface area (Å²) in [6.45, 7) is 6.06. The molecule has 1 atom stereocenters. The van der Waals surface area contributed by atoms with Crippen molar-refractivity contribution in [3.63, 3.8) is 0 Å². The molecular weight excluding hydrogens is 200 g/mol. The van der Waals surface area contributed by atoms with Gasteiger partial charge in [-0.3, -0.25) is 0 Å². The summed E-state index contributed by atoms with van der Waals surface area (Å²) in [7, 11) is 1.91. The van der Waals surface area contributed by atoms with Gasteiger partial charge in [-0.05, 0) is 19.1 Å². The van der Waals surface area contributed by atoms with E-state index in [2.05, 4.69) is 12.6 Å². The summed E-state index contributed by atoms with van der Waals surface area (Å²) in [6.07, 6.45) is 1.24. The van der Waals surface area contributed by atoms with E-state index in [-0.39, 0.29) is 0 Å². The highest BCUT2D eigenvalue weighted by Crippen LogP contribution is 2.26. The Morgan fingerprint density at radius 1 is 1.62 bits per heavy atom. The smallest absolute Gasteiger partial charge is 0.0992 e. The highest BCUT2D eigenvalue weighted by Gasteiger charge is 2.11. The molecule has 0 aliphatic heterocycles. The van der Waals surface area contributed by atoms with Crippen LogP contribution in [0, 0.1) is 11.3 Å². The third-order valence-corrected chi connectivity index (χ3v) is 2.42. The van der Waals surface area contributed by atoms with E-state index in [1.807, 2.05) is 11.9 Å². The van der Waals surface area contributed by atoms with Crippen molar-refractivity contribution < 1.29 is 5.11 Å². The largest absolute Gasteiger partial charge is 0.389 e. The van der Waals surface area contributed by atoms with Crippen LogP contribution in [0.4, 0.5) is 5.69 Å². The highest BCUT2D eigenvalue weighted by molar-refractivity contribution is 5.58. The Hall–Kier alpha value is -1.79. The summed E-state index contributed by atoms with van der Waals surface area (Å²) >= 11 is 0. The molecule has 1 N–H and O–H groups in total. The van der Waals surface area contributed by atoms with Crippen molar-refractivity contribution in [2.75, 3.05) is 18.5 Å². The third-order valence-electron chi connectivity index (χ3n) is 2.42. The molecule has 0 aliphatic rings. The molecule has 0 aliphatic carbocycles. The molecule has 0 aromatic heterocycles. The average molecular weight is 216 g/mol. The minimum Gasteiger partial charge on any atom is -0.389 e. The minimum atomic E-state index is -0.546. The highest BCUT2D eigenvalue weighted by atomic mass is 16.3. The minimum absolute atomic E-state index is 0.546. The fourth-order valence-corrected chi connectivity index (χ4v) is 1.59. The zero-order chi connectivity index (χ0) is 12.1. The first kappa shape index (κ1) is 12.3. The lowest BCUT2D eigenvalue weighted by molar-refractivity contribution is 0.199. The molecule has 0 fully saturated rings. The van der Waals surface area contributed by atoms with Gasteiger partial charge in [0.15, 0.2) is 0 Å². The lowest BCUT2D eigenvalue weighted by Gasteiger charge is -2.22. The summed E-state index contributed by atoms with van der Waals surface area (Å²) in [5.41, 5.74) is 2.28. The van der Waals surface area contributed by atoms with Crippen molar-refractivity contribution in [3.8, 4) is 6.07 Å². The Labute approximate surface area is 96.2 Å². The first-order valence-corrected chi connectivity index (χ1v) is 5.14. The lowest BCUT2D eigenvalue weighted by Crippen LogP contribution is -2.19. The summed E-state index contributed by atoms with van der Waals surface area (Å²) < 4.78 is 0. The van der Waals surface area contributed by atoms with E-state index in [1.165, 1.54) is 0 Å². The van der Waals surface area contributed by atoms with Crippen LogP contribution in [0.15, 0.2) is 30.9 Å². The number of nitrogens with zero attached hydrogens (tertiary/aromatic N) is 2. The second-order valence-corrected chi connectivity index (χ2v) is 3.73. The number of hydrogen-bond donors (Lipinski definition) is 1. The van der Waals surface area contributed by atoms with Gasteiger partial charge in [0.25, 0.3) is 0 Å². The van der Waals surface area contributed by atoms with Crippen LogP contribution < -0.4 is 4.90 Å². The number of nitriles is 1. The van der Waals surface area contributed by atoms with Crippen LogP contribution in [0.25, 0.3) is 0 Å². The van der Waals surface area contributed by atoms with E-state index in [0.29, 0.717) is 12.1 Å². The summed E-state index contributed by atoms with van der Waals surface area (Å²) in [4.78, 5) is 1.95. The van der Waals surface area contributed by atoms with Crippen molar-refractivity contribution in [1.82, 2.24) is 0 Å². The van der Waals surface area contributed by atoms with Gasteiger partial charge in [0.2, 0.25) is 0 Å². The van der Waals surface area contributed by atoms with Gasteiger partial charge in [-0.25, -0.2) is 0 Å².